The maximum Gasteiger partial charge on any atom is 0.306 e. The summed E-state index contributed by atoms with van der Waals surface area (Å²) < 4.78 is 5.13. The molecule has 8 nitrogen and oxygen atoms in total. The fraction of sp³-hybridized carbons (Fsp3) is 0.360. The number of hydrogen-bond donors (Lipinski definition) is 3. The minimum Gasteiger partial charge on any atom is -0.466 e. The molecule has 0 radical (unpaired) electrons. The predicted octanol–water partition coefficient (Wildman–Crippen LogP) is 3.39. The zero-order valence-corrected chi connectivity index (χ0v) is 19.1. The van der Waals surface area contributed by atoms with Gasteiger partial charge in [0.2, 0.25) is 11.8 Å². The minimum absolute atomic E-state index is 0.0716. The molecule has 0 atom stereocenters. The summed E-state index contributed by atoms with van der Waals surface area (Å²) in [5.41, 5.74) is 6.66. The second-order valence-electron chi connectivity index (χ2n) is 8.04. The first kappa shape index (κ1) is 25.6. The highest BCUT2D eigenvalue weighted by molar-refractivity contribution is 5.96. The van der Waals surface area contributed by atoms with E-state index in [9.17, 15) is 19.2 Å². The number of hydrazine groups is 1. The molecule has 3 amide bonds. The molecule has 0 saturated heterocycles. The van der Waals surface area contributed by atoms with Crippen molar-refractivity contribution in [3.05, 3.63) is 65.7 Å². The van der Waals surface area contributed by atoms with Gasteiger partial charge in [0.25, 0.3) is 5.91 Å². The average Bonchev–Trinajstić information content (AvgIpc) is 2.79. The molecule has 176 valence electrons. The fourth-order valence-electron chi connectivity index (χ4n) is 2.94. The Kier molecular flexibility index (Phi) is 10.6. The number of rotatable bonds is 11. The molecule has 0 fully saturated rings. The second-order valence-corrected chi connectivity index (χ2v) is 8.04. The summed E-state index contributed by atoms with van der Waals surface area (Å²) in [4.78, 5) is 47.6. The molecule has 0 aliphatic carbocycles. The molecule has 0 spiro atoms. The third kappa shape index (κ3) is 10.5. The highest BCUT2D eigenvalue weighted by Crippen LogP contribution is 2.11. The third-order valence-corrected chi connectivity index (χ3v) is 4.61. The van der Waals surface area contributed by atoms with Crippen molar-refractivity contribution in [2.75, 3.05) is 11.9 Å². The predicted molar refractivity (Wildman–Crippen MR) is 125 cm³/mol. The lowest BCUT2D eigenvalue weighted by molar-refractivity contribution is -0.145. The lowest BCUT2D eigenvalue weighted by Gasteiger charge is -2.09. The molecule has 0 bridgehead atoms. The monoisotopic (exact) mass is 453 g/mol. The van der Waals surface area contributed by atoms with Crippen molar-refractivity contribution in [2.24, 2.45) is 5.92 Å². The van der Waals surface area contributed by atoms with Gasteiger partial charge in [0.05, 0.1) is 13.0 Å². The van der Waals surface area contributed by atoms with Crippen LogP contribution in [0.1, 0.15) is 55.5 Å². The van der Waals surface area contributed by atoms with Gasteiger partial charge in [-0.15, -0.1) is 0 Å². The van der Waals surface area contributed by atoms with E-state index in [2.05, 4.69) is 16.2 Å². The standard InChI is InChI=1S/C25H31N3O5/c1-18(2)17-23(30)26-21-12-10-20(11-13-21)25(32)28-27-22(29)14-15-24(31)33-16-6-9-19-7-4-3-5-8-19/h3-5,7-8,10-13,18H,6,9,14-17H2,1-2H3,(H,26,30)(H,27,29)(H,28,32). The minimum atomic E-state index is -0.508. The molecule has 0 aliphatic heterocycles. The van der Waals surface area contributed by atoms with Crippen molar-refractivity contribution < 1.29 is 23.9 Å². The molecule has 0 aromatic heterocycles. The van der Waals surface area contributed by atoms with E-state index < -0.39 is 17.8 Å². The number of aryl methyl sites for hydroxylation is 1. The van der Waals surface area contributed by atoms with Gasteiger partial charge in [-0.2, -0.15) is 0 Å². The number of carbonyl (C=O) groups is 4. The van der Waals surface area contributed by atoms with Gasteiger partial charge in [0.15, 0.2) is 0 Å². The lowest BCUT2D eigenvalue weighted by atomic mass is 10.1. The number of benzene rings is 2. The Morgan fingerprint density at radius 1 is 0.848 bits per heavy atom. The number of esters is 1. The molecule has 0 saturated carbocycles. The van der Waals surface area contributed by atoms with Crippen LogP contribution >= 0.6 is 0 Å². The SMILES string of the molecule is CC(C)CC(=O)Nc1ccc(C(=O)NNC(=O)CCC(=O)OCCCc2ccccc2)cc1. The van der Waals surface area contributed by atoms with E-state index >= 15 is 0 Å². The van der Waals surface area contributed by atoms with Crippen LogP contribution in [-0.2, 0) is 25.5 Å². The Labute approximate surface area is 194 Å². The highest BCUT2D eigenvalue weighted by atomic mass is 16.5. The van der Waals surface area contributed by atoms with E-state index in [0.29, 0.717) is 30.7 Å². The van der Waals surface area contributed by atoms with Crippen molar-refractivity contribution in [3.63, 3.8) is 0 Å². The van der Waals surface area contributed by atoms with Crippen molar-refractivity contribution in [1.82, 2.24) is 10.9 Å². The number of carbonyl (C=O) groups excluding carboxylic acids is 4. The Morgan fingerprint density at radius 2 is 1.55 bits per heavy atom. The maximum atomic E-state index is 12.2. The molecule has 8 heteroatoms. The van der Waals surface area contributed by atoms with Crippen molar-refractivity contribution in [1.29, 1.82) is 0 Å². The largest absolute Gasteiger partial charge is 0.466 e. The number of hydrogen-bond acceptors (Lipinski definition) is 5. The molecule has 2 aromatic carbocycles. The quantitative estimate of drug-likeness (QED) is 0.274. The third-order valence-electron chi connectivity index (χ3n) is 4.61. The normalized spacial score (nSPS) is 10.4. The summed E-state index contributed by atoms with van der Waals surface area (Å²) in [7, 11) is 0. The smallest absolute Gasteiger partial charge is 0.306 e. The molecular formula is C25H31N3O5. The Balaban J connectivity index is 1.61. The number of ether oxygens (including phenoxy) is 1. The maximum absolute atomic E-state index is 12.2. The van der Waals surface area contributed by atoms with Crippen LogP contribution in [0.4, 0.5) is 5.69 Å². The van der Waals surface area contributed by atoms with Gasteiger partial charge in [0, 0.05) is 24.1 Å². The van der Waals surface area contributed by atoms with Crippen molar-refractivity contribution in [3.8, 4) is 0 Å². The van der Waals surface area contributed by atoms with Crippen LogP contribution in [0.15, 0.2) is 54.6 Å². The Bertz CT molecular complexity index is 927. The van der Waals surface area contributed by atoms with E-state index in [4.69, 9.17) is 4.74 Å². The van der Waals surface area contributed by atoms with Gasteiger partial charge in [0.1, 0.15) is 0 Å². The van der Waals surface area contributed by atoms with Gasteiger partial charge in [-0.1, -0.05) is 44.2 Å². The summed E-state index contributed by atoms with van der Waals surface area (Å²) >= 11 is 0. The van der Waals surface area contributed by atoms with Crippen LogP contribution in [0.3, 0.4) is 0 Å². The van der Waals surface area contributed by atoms with Crippen LogP contribution in [0, 0.1) is 5.92 Å². The van der Waals surface area contributed by atoms with Crippen LogP contribution in [0.25, 0.3) is 0 Å². The van der Waals surface area contributed by atoms with Gasteiger partial charge in [-0.3, -0.25) is 30.0 Å². The fourth-order valence-corrected chi connectivity index (χ4v) is 2.94. The molecular weight excluding hydrogens is 422 g/mol. The topological polar surface area (TPSA) is 114 Å². The summed E-state index contributed by atoms with van der Waals surface area (Å²) in [6.07, 6.45) is 1.76. The molecule has 0 aliphatic rings. The molecule has 2 aromatic rings. The zero-order chi connectivity index (χ0) is 24.1. The first-order valence-electron chi connectivity index (χ1n) is 11.0. The Hall–Kier alpha value is -3.68. The van der Waals surface area contributed by atoms with Gasteiger partial charge < -0.3 is 10.1 Å². The van der Waals surface area contributed by atoms with Gasteiger partial charge >= 0.3 is 5.97 Å². The lowest BCUT2D eigenvalue weighted by Crippen LogP contribution is -2.41. The summed E-state index contributed by atoms with van der Waals surface area (Å²) in [6, 6.07) is 16.2. The van der Waals surface area contributed by atoms with Gasteiger partial charge in [-0.25, -0.2) is 0 Å². The molecule has 2 rings (SSSR count). The number of nitrogens with one attached hydrogen (secondary N) is 3. The van der Waals surface area contributed by atoms with Crippen molar-refractivity contribution >= 4 is 29.4 Å². The first-order valence-corrected chi connectivity index (χ1v) is 11.0. The molecule has 0 heterocycles. The Morgan fingerprint density at radius 3 is 2.21 bits per heavy atom. The van der Waals surface area contributed by atoms with Crippen LogP contribution < -0.4 is 16.2 Å². The zero-order valence-electron chi connectivity index (χ0n) is 19.1. The second kappa shape index (κ2) is 13.7. The van der Waals surface area contributed by atoms with Gasteiger partial charge in [-0.05, 0) is 48.6 Å². The average molecular weight is 454 g/mol. The number of anilines is 1. The molecule has 0 unspecified atom stereocenters. The summed E-state index contributed by atoms with van der Waals surface area (Å²) in [5.74, 6) is -1.31. The van der Waals surface area contributed by atoms with E-state index in [0.717, 1.165) is 6.42 Å². The van der Waals surface area contributed by atoms with Crippen LogP contribution in [0.2, 0.25) is 0 Å². The van der Waals surface area contributed by atoms with E-state index in [-0.39, 0.29) is 24.7 Å². The summed E-state index contributed by atoms with van der Waals surface area (Å²) in [6.45, 7) is 4.20. The van der Waals surface area contributed by atoms with Crippen LogP contribution in [0.5, 0.6) is 0 Å². The van der Waals surface area contributed by atoms with E-state index in [1.807, 2.05) is 44.2 Å². The highest BCUT2D eigenvalue weighted by Gasteiger charge is 2.11. The summed E-state index contributed by atoms with van der Waals surface area (Å²) in [5, 5.41) is 2.76. The molecule has 3 N–H and O–H groups in total. The van der Waals surface area contributed by atoms with Crippen LogP contribution in [-0.4, -0.2) is 30.3 Å². The number of amides is 3. The first-order chi connectivity index (χ1) is 15.8. The van der Waals surface area contributed by atoms with E-state index in [1.54, 1.807) is 24.3 Å². The molecule has 33 heavy (non-hydrogen) atoms. The van der Waals surface area contributed by atoms with Crippen molar-refractivity contribution in [2.45, 2.75) is 46.0 Å². The van der Waals surface area contributed by atoms with E-state index in [1.165, 1.54) is 5.56 Å².